The van der Waals surface area contributed by atoms with Crippen molar-refractivity contribution in [1.82, 2.24) is 4.90 Å². The minimum atomic E-state index is -0.104. The van der Waals surface area contributed by atoms with Crippen LogP contribution in [0.5, 0.6) is 5.75 Å². The summed E-state index contributed by atoms with van der Waals surface area (Å²) < 4.78 is 5.26. The van der Waals surface area contributed by atoms with Crippen molar-refractivity contribution in [3.05, 3.63) is 46.7 Å². The number of hydrogen-bond acceptors (Lipinski definition) is 3. The Balaban J connectivity index is 2.07. The third kappa shape index (κ3) is 4.23. The van der Waals surface area contributed by atoms with Gasteiger partial charge in [0.15, 0.2) is 0 Å². The van der Waals surface area contributed by atoms with Crippen molar-refractivity contribution in [3.8, 4) is 5.75 Å². The van der Waals surface area contributed by atoms with E-state index in [9.17, 15) is 4.79 Å². The molecule has 112 valence electrons. The first-order valence-corrected chi connectivity index (χ1v) is 7.89. The first-order valence-electron chi connectivity index (χ1n) is 6.94. The molecular formula is C16H20N2O2S. The van der Waals surface area contributed by atoms with Crippen LogP contribution in [0.2, 0.25) is 0 Å². The van der Waals surface area contributed by atoms with Crippen LogP contribution < -0.4 is 10.1 Å². The van der Waals surface area contributed by atoms with Gasteiger partial charge in [-0.2, -0.15) is 11.3 Å². The van der Waals surface area contributed by atoms with Gasteiger partial charge in [-0.25, -0.2) is 4.79 Å². The molecule has 1 N–H and O–H groups in total. The Labute approximate surface area is 129 Å². The molecule has 0 saturated heterocycles. The number of methoxy groups -OCH3 is 1. The zero-order valence-electron chi connectivity index (χ0n) is 12.3. The number of ether oxygens (including phenoxy) is 1. The SMILES string of the molecule is CCCN(Cc1ccsc1)C(=O)Nc1ccccc1OC. The first kappa shape index (κ1) is 15.4. The van der Waals surface area contributed by atoms with E-state index in [4.69, 9.17) is 4.74 Å². The lowest BCUT2D eigenvalue weighted by molar-refractivity contribution is 0.209. The summed E-state index contributed by atoms with van der Waals surface area (Å²) in [6, 6.07) is 9.37. The number of rotatable bonds is 6. The Hall–Kier alpha value is -2.01. The number of anilines is 1. The highest BCUT2D eigenvalue weighted by molar-refractivity contribution is 7.07. The maximum absolute atomic E-state index is 12.5. The van der Waals surface area contributed by atoms with Gasteiger partial charge in [-0.15, -0.1) is 0 Å². The van der Waals surface area contributed by atoms with Crippen LogP contribution in [0.3, 0.4) is 0 Å². The van der Waals surface area contributed by atoms with E-state index in [0.29, 0.717) is 18.0 Å². The molecule has 0 spiro atoms. The Kier molecular flexibility index (Phi) is 5.63. The topological polar surface area (TPSA) is 41.6 Å². The predicted molar refractivity (Wildman–Crippen MR) is 87.0 cm³/mol. The molecule has 0 bridgehead atoms. The predicted octanol–water partition coefficient (Wildman–Crippen LogP) is 4.20. The van der Waals surface area contributed by atoms with Gasteiger partial charge in [0.1, 0.15) is 5.75 Å². The number of urea groups is 1. The highest BCUT2D eigenvalue weighted by Gasteiger charge is 2.15. The Morgan fingerprint density at radius 3 is 2.81 bits per heavy atom. The molecule has 0 aliphatic heterocycles. The van der Waals surface area contributed by atoms with Gasteiger partial charge in [-0.3, -0.25) is 0 Å². The minimum Gasteiger partial charge on any atom is -0.495 e. The number of thiophene rings is 1. The van der Waals surface area contributed by atoms with E-state index in [0.717, 1.165) is 18.5 Å². The molecule has 1 aromatic heterocycles. The summed E-state index contributed by atoms with van der Waals surface area (Å²) in [5.74, 6) is 0.665. The fraction of sp³-hybridized carbons (Fsp3) is 0.312. The van der Waals surface area contributed by atoms with Crippen molar-refractivity contribution < 1.29 is 9.53 Å². The molecule has 0 unspecified atom stereocenters. The zero-order valence-corrected chi connectivity index (χ0v) is 13.2. The summed E-state index contributed by atoms with van der Waals surface area (Å²) in [4.78, 5) is 14.3. The summed E-state index contributed by atoms with van der Waals surface area (Å²) in [7, 11) is 1.60. The average molecular weight is 304 g/mol. The lowest BCUT2D eigenvalue weighted by Gasteiger charge is -2.22. The van der Waals surface area contributed by atoms with Gasteiger partial charge in [0, 0.05) is 13.1 Å². The summed E-state index contributed by atoms with van der Waals surface area (Å²) in [5.41, 5.74) is 1.85. The van der Waals surface area contributed by atoms with Gasteiger partial charge in [0.2, 0.25) is 0 Å². The number of para-hydroxylation sites is 2. The average Bonchev–Trinajstić information content (AvgIpc) is 3.00. The smallest absolute Gasteiger partial charge is 0.322 e. The van der Waals surface area contributed by atoms with Gasteiger partial charge >= 0.3 is 6.03 Å². The third-order valence-corrected chi connectivity index (χ3v) is 3.81. The van der Waals surface area contributed by atoms with Crippen LogP contribution in [-0.4, -0.2) is 24.6 Å². The van der Waals surface area contributed by atoms with E-state index in [1.54, 1.807) is 18.4 Å². The molecule has 0 aliphatic carbocycles. The summed E-state index contributed by atoms with van der Waals surface area (Å²) >= 11 is 1.64. The van der Waals surface area contributed by atoms with Crippen molar-refractivity contribution in [1.29, 1.82) is 0 Å². The normalized spacial score (nSPS) is 10.2. The van der Waals surface area contributed by atoms with Crippen molar-refractivity contribution in [2.75, 3.05) is 19.0 Å². The van der Waals surface area contributed by atoms with Crippen molar-refractivity contribution in [2.24, 2.45) is 0 Å². The molecule has 0 radical (unpaired) electrons. The second kappa shape index (κ2) is 7.69. The molecule has 0 aliphatic rings. The Morgan fingerprint density at radius 2 is 2.14 bits per heavy atom. The van der Waals surface area contributed by atoms with Gasteiger partial charge < -0.3 is 15.0 Å². The highest BCUT2D eigenvalue weighted by Crippen LogP contribution is 2.23. The van der Waals surface area contributed by atoms with E-state index >= 15 is 0 Å². The van der Waals surface area contributed by atoms with Crippen LogP contribution in [0, 0.1) is 0 Å². The maximum Gasteiger partial charge on any atom is 0.322 e. The van der Waals surface area contributed by atoms with Crippen LogP contribution in [0.15, 0.2) is 41.1 Å². The molecule has 2 rings (SSSR count). The molecule has 1 aromatic carbocycles. The molecule has 2 amide bonds. The first-order chi connectivity index (χ1) is 10.2. The zero-order chi connectivity index (χ0) is 15.1. The second-order valence-corrected chi connectivity index (χ2v) is 5.46. The number of carbonyl (C=O) groups excluding carboxylic acids is 1. The summed E-state index contributed by atoms with van der Waals surface area (Å²) in [6.45, 7) is 3.41. The third-order valence-electron chi connectivity index (χ3n) is 3.08. The standard InChI is InChI=1S/C16H20N2O2S/c1-3-9-18(11-13-8-10-21-12-13)16(19)17-14-6-4-5-7-15(14)20-2/h4-8,10,12H,3,9,11H2,1-2H3,(H,17,19). The fourth-order valence-electron chi connectivity index (χ4n) is 2.07. The van der Waals surface area contributed by atoms with Crippen LogP contribution in [0.1, 0.15) is 18.9 Å². The van der Waals surface area contributed by atoms with E-state index < -0.39 is 0 Å². The number of carbonyl (C=O) groups is 1. The van der Waals surface area contributed by atoms with E-state index in [-0.39, 0.29) is 6.03 Å². The molecule has 5 heteroatoms. The number of nitrogens with zero attached hydrogens (tertiary/aromatic N) is 1. The number of benzene rings is 1. The second-order valence-electron chi connectivity index (χ2n) is 4.68. The number of amides is 2. The van der Waals surface area contributed by atoms with E-state index in [1.165, 1.54) is 0 Å². The molecule has 0 saturated carbocycles. The fourth-order valence-corrected chi connectivity index (χ4v) is 2.73. The van der Waals surface area contributed by atoms with Crippen molar-refractivity contribution >= 4 is 23.1 Å². The number of hydrogen-bond donors (Lipinski definition) is 1. The van der Waals surface area contributed by atoms with Gasteiger partial charge in [0.05, 0.1) is 12.8 Å². The summed E-state index contributed by atoms with van der Waals surface area (Å²) in [5, 5.41) is 7.02. The Bertz CT molecular complexity index is 569. The lowest BCUT2D eigenvalue weighted by Crippen LogP contribution is -2.35. The Morgan fingerprint density at radius 1 is 1.33 bits per heavy atom. The van der Waals surface area contributed by atoms with Gasteiger partial charge in [-0.05, 0) is 40.9 Å². The summed E-state index contributed by atoms with van der Waals surface area (Å²) in [6.07, 6.45) is 0.920. The van der Waals surface area contributed by atoms with Gasteiger partial charge in [0.25, 0.3) is 0 Å². The maximum atomic E-state index is 12.5. The molecule has 2 aromatic rings. The van der Waals surface area contributed by atoms with E-state index in [2.05, 4.69) is 17.6 Å². The molecule has 0 atom stereocenters. The molecule has 21 heavy (non-hydrogen) atoms. The monoisotopic (exact) mass is 304 g/mol. The quantitative estimate of drug-likeness (QED) is 0.869. The van der Waals surface area contributed by atoms with Gasteiger partial charge in [-0.1, -0.05) is 19.1 Å². The molecule has 4 nitrogen and oxygen atoms in total. The minimum absolute atomic E-state index is 0.104. The largest absolute Gasteiger partial charge is 0.495 e. The molecule has 0 fully saturated rings. The van der Waals surface area contributed by atoms with Crippen LogP contribution in [0.4, 0.5) is 10.5 Å². The molecular weight excluding hydrogens is 284 g/mol. The highest BCUT2D eigenvalue weighted by atomic mass is 32.1. The lowest BCUT2D eigenvalue weighted by atomic mass is 10.3. The van der Waals surface area contributed by atoms with Crippen molar-refractivity contribution in [2.45, 2.75) is 19.9 Å². The number of nitrogens with one attached hydrogen (secondary N) is 1. The van der Waals surface area contributed by atoms with Crippen LogP contribution >= 0.6 is 11.3 Å². The van der Waals surface area contributed by atoms with Crippen LogP contribution in [-0.2, 0) is 6.54 Å². The van der Waals surface area contributed by atoms with Crippen molar-refractivity contribution in [3.63, 3.8) is 0 Å². The van der Waals surface area contributed by atoms with Crippen LogP contribution in [0.25, 0.3) is 0 Å². The molecule has 1 heterocycles. The van der Waals surface area contributed by atoms with E-state index in [1.807, 2.05) is 40.6 Å².